The van der Waals surface area contributed by atoms with Gasteiger partial charge in [-0.05, 0) is 33.1 Å². The summed E-state index contributed by atoms with van der Waals surface area (Å²) in [5.41, 5.74) is 0. The minimum absolute atomic E-state index is 1.00. The van der Waals surface area contributed by atoms with Gasteiger partial charge in [0.1, 0.15) is 0 Å². The third-order valence-corrected chi connectivity index (χ3v) is 2.04. The Labute approximate surface area is 85.9 Å². The zero-order chi connectivity index (χ0) is 10.2. The average molecular weight is 196 g/mol. The molecule has 0 aromatic carbocycles. The molecule has 1 aromatic rings. The minimum atomic E-state index is 1.00. The second-order valence-electron chi connectivity index (χ2n) is 3.68. The van der Waals surface area contributed by atoms with Crippen molar-refractivity contribution >= 4 is 0 Å². The zero-order valence-electron chi connectivity index (χ0n) is 9.11. The molecule has 1 N–H and O–H groups in total. The predicted molar refractivity (Wildman–Crippen MR) is 58.3 cm³/mol. The van der Waals surface area contributed by atoms with Crippen molar-refractivity contribution in [1.29, 1.82) is 0 Å². The molecular weight excluding hydrogens is 176 g/mol. The van der Waals surface area contributed by atoms with Gasteiger partial charge in [0.15, 0.2) is 0 Å². The molecule has 1 rings (SSSR count). The van der Waals surface area contributed by atoms with Crippen molar-refractivity contribution in [3.63, 3.8) is 0 Å². The van der Waals surface area contributed by atoms with Gasteiger partial charge in [0.2, 0.25) is 0 Å². The van der Waals surface area contributed by atoms with Crippen LogP contribution in [-0.2, 0) is 6.54 Å². The fraction of sp³-hybridized carbons (Fsp3) is 0.700. The molecule has 0 atom stereocenters. The molecule has 4 heteroatoms. The Morgan fingerprint density at radius 3 is 2.86 bits per heavy atom. The molecule has 1 aromatic heterocycles. The van der Waals surface area contributed by atoms with Gasteiger partial charge in [-0.25, -0.2) is 0 Å². The van der Waals surface area contributed by atoms with Gasteiger partial charge in [0, 0.05) is 32.0 Å². The lowest BCUT2D eigenvalue weighted by atomic mass is 10.4. The highest BCUT2D eigenvalue weighted by molar-refractivity contribution is 4.77. The van der Waals surface area contributed by atoms with Gasteiger partial charge in [-0.3, -0.25) is 4.68 Å². The monoisotopic (exact) mass is 196 g/mol. The summed E-state index contributed by atoms with van der Waals surface area (Å²) in [5.74, 6) is 0. The van der Waals surface area contributed by atoms with E-state index in [-0.39, 0.29) is 0 Å². The average Bonchev–Trinajstić information content (AvgIpc) is 2.63. The van der Waals surface area contributed by atoms with E-state index in [1.807, 2.05) is 23.1 Å². The second-order valence-corrected chi connectivity index (χ2v) is 3.68. The van der Waals surface area contributed by atoms with Crippen LogP contribution in [0.1, 0.15) is 6.42 Å². The number of hydrogen-bond acceptors (Lipinski definition) is 3. The van der Waals surface area contributed by atoms with Gasteiger partial charge in [-0.2, -0.15) is 5.10 Å². The number of nitrogens with zero attached hydrogens (tertiary/aromatic N) is 3. The van der Waals surface area contributed by atoms with Gasteiger partial charge >= 0.3 is 0 Å². The first-order chi connectivity index (χ1) is 6.79. The number of rotatable bonds is 7. The molecule has 0 saturated heterocycles. The molecule has 0 aliphatic carbocycles. The van der Waals surface area contributed by atoms with Gasteiger partial charge < -0.3 is 10.2 Å². The van der Waals surface area contributed by atoms with Crippen LogP contribution in [0.2, 0.25) is 0 Å². The topological polar surface area (TPSA) is 33.1 Å². The quantitative estimate of drug-likeness (QED) is 0.642. The molecule has 0 aliphatic heterocycles. The molecule has 0 aliphatic rings. The van der Waals surface area contributed by atoms with E-state index in [9.17, 15) is 0 Å². The Kier molecular flexibility index (Phi) is 5.25. The minimum Gasteiger partial charge on any atom is -0.315 e. The molecule has 0 bridgehead atoms. The number of aromatic nitrogens is 2. The maximum absolute atomic E-state index is 4.14. The van der Waals surface area contributed by atoms with E-state index in [0.29, 0.717) is 0 Å². The van der Waals surface area contributed by atoms with Crippen LogP contribution in [-0.4, -0.2) is 48.4 Å². The largest absolute Gasteiger partial charge is 0.315 e. The number of hydrogen-bond donors (Lipinski definition) is 1. The highest BCUT2D eigenvalue weighted by Gasteiger charge is 1.92. The lowest BCUT2D eigenvalue weighted by Gasteiger charge is -2.10. The standard InChI is InChI=1S/C10H20N4/c1-13(2)10-7-11-5-3-8-14-9-4-6-12-14/h4,6,9,11H,3,5,7-8,10H2,1-2H3. The van der Waals surface area contributed by atoms with Crippen LogP contribution in [0.4, 0.5) is 0 Å². The molecule has 0 spiro atoms. The van der Waals surface area contributed by atoms with Crippen molar-refractivity contribution in [1.82, 2.24) is 20.0 Å². The normalized spacial score (nSPS) is 11.1. The van der Waals surface area contributed by atoms with Crippen molar-refractivity contribution < 1.29 is 0 Å². The zero-order valence-corrected chi connectivity index (χ0v) is 9.11. The summed E-state index contributed by atoms with van der Waals surface area (Å²) in [7, 11) is 4.18. The van der Waals surface area contributed by atoms with Gasteiger partial charge in [-0.15, -0.1) is 0 Å². The highest BCUT2D eigenvalue weighted by atomic mass is 15.3. The summed E-state index contributed by atoms with van der Waals surface area (Å²) in [4.78, 5) is 2.18. The Balaban J connectivity index is 1.90. The Bertz CT molecular complexity index is 218. The Morgan fingerprint density at radius 1 is 1.36 bits per heavy atom. The summed E-state index contributed by atoms with van der Waals surface area (Å²) in [6, 6.07) is 1.96. The van der Waals surface area contributed by atoms with Gasteiger partial charge in [0.05, 0.1) is 0 Å². The maximum Gasteiger partial charge on any atom is 0.0489 e. The van der Waals surface area contributed by atoms with E-state index >= 15 is 0 Å². The van der Waals surface area contributed by atoms with Crippen molar-refractivity contribution in [3.05, 3.63) is 18.5 Å². The number of aryl methyl sites for hydroxylation is 1. The summed E-state index contributed by atoms with van der Waals surface area (Å²) in [5, 5.41) is 7.54. The van der Waals surface area contributed by atoms with E-state index in [0.717, 1.165) is 32.6 Å². The lowest BCUT2D eigenvalue weighted by molar-refractivity contribution is 0.397. The number of likely N-dealkylation sites (N-methyl/N-ethyl adjacent to an activating group) is 1. The fourth-order valence-corrected chi connectivity index (χ4v) is 1.23. The van der Waals surface area contributed by atoms with E-state index in [1.165, 1.54) is 0 Å². The highest BCUT2D eigenvalue weighted by Crippen LogP contribution is 1.87. The summed E-state index contributed by atoms with van der Waals surface area (Å²) < 4.78 is 1.97. The van der Waals surface area contributed by atoms with Gasteiger partial charge in [-0.1, -0.05) is 0 Å². The fourth-order valence-electron chi connectivity index (χ4n) is 1.23. The third-order valence-electron chi connectivity index (χ3n) is 2.04. The van der Waals surface area contributed by atoms with Crippen molar-refractivity contribution in [2.75, 3.05) is 33.7 Å². The second kappa shape index (κ2) is 6.56. The van der Waals surface area contributed by atoms with Crippen LogP contribution in [0.3, 0.4) is 0 Å². The summed E-state index contributed by atoms with van der Waals surface area (Å²) >= 11 is 0. The van der Waals surface area contributed by atoms with Crippen molar-refractivity contribution in [3.8, 4) is 0 Å². The maximum atomic E-state index is 4.14. The molecule has 0 amide bonds. The molecule has 4 nitrogen and oxygen atoms in total. The van der Waals surface area contributed by atoms with Crippen LogP contribution in [0, 0.1) is 0 Å². The molecule has 80 valence electrons. The lowest BCUT2D eigenvalue weighted by Crippen LogP contribution is -2.27. The summed E-state index contributed by atoms with van der Waals surface area (Å²) in [6.07, 6.45) is 4.95. The molecule has 0 saturated carbocycles. The summed E-state index contributed by atoms with van der Waals surface area (Å²) in [6.45, 7) is 4.23. The van der Waals surface area contributed by atoms with E-state index in [2.05, 4.69) is 29.4 Å². The SMILES string of the molecule is CN(C)CCNCCCn1cccn1. The van der Waals surface area contributed by atoms with E-state index in [1.54, 1.807) is 0 Å². The first kappa shape index (κ1) is 11.2. The smallest absolute Gasteiger partial charge is 0.0489 e. The third kappa shape index (κ3) is 4.99. The van der Waals surface area contributed by atoms with Crippen molar-refractivity contribution in [2.24, 2.45) is 0 Å². The molecule has 14 heavy (non-hydrogen) atoms. The molecule has 0 radical (unpaired) electrons. The first-order valence-corrected chi connectivity index (χ1v) is 5.12. The molecule has 0 fully saturated rings. The Hall–Kier alpha value is -0.870. The van der Waals surface area contributed by atoms with Crippen molar-refractivity contribution in [2.45, 2.75) is 13.0 Å². The van der Waals surface area contributed by atoms with Gasteiger partial charge in [0.25, 0.3) is 0 Å². The van der Waals surface area contributed by atoms with Crippen LogP contribution >= 0.6 is 0 Å². The van der Waals surface area contributed by atoms with Crippen LogP contribution in [0.5, 0.6) is 0 Å². The predicted octanol–water partition coefficient (Wildman–Crippen LogP) is 0.424. The molecular formula is C10H20N4. The number of nitrogens with one attached hydrogen (secondary N) is 1. The van der Waals surface area contributed by atoms with Crippen LogP contribution in [0.25, 0.3) is 0 Å². The van der Waals surface area contributed by atoms with E-state index < -0.39 is 0 Å². The van der Waals surface area contributed by atoms with E-state index in [4.69, 9.17) is 0 Å². The van der Waals surface area contributed by atoms with Crippen LogP contribution in [0.15, 0.2) is 18.5 Å². The molecule has 1 heterocycles. The Morgan fingerprint density at radius 2 is 2.21 bits per heavy atom. The molecule has 0 unspecified atom stereocenters. The van der Waals surface area contributed by atoms with Crippen LogP contribution < -0.4 is 5.32 Å². The first-order valence-electron chi connectivity index (χ1n) is 5.12.